The molecule has 4 aromatic rings. The number of carbonyl (C=O) groups excluding carboxylic acids is 2. The number of carbonyl (C=O) groups is 2. The quantitative estimate of drug-likeness (QED) is 0.158. The van der Waals surface area contributed by atoms with E-state index in [2.05, 4.69) is 58.0 Å². The normalized spacial score (nSPS) is 8.13. The van der Waals surface area contributed by atoms with Gasteiger partial charge < -0.3 is 18.9 Å². The Labute approximate surface area is 287 Å². The molecule has 0 fully saturated rings. The van der Waals surface area contributed by atoms with Gasteiger partial charge in [-0.3, -0.25) is 9.59 Å². The lowest BCUT2D eigenvalue weighted by molar-refractivity contribution is -0.138. The average Bonchev–Trinajstić information content (AvgIpc) is 3.14. The highest BCUT2D eigenvalue weighted by Crippen LogP contribution is 2.18. The molecule has 6 nitrogen and oxygen atoms in total. The molecule has 47 heavy (non-hydrogen) atoms. The van der Waals surface area contributed by atoms with Crippen LogP contribution in [0.3, 0.4) is 0 Å². The third kappa shape index (κ3) is 28.8. The first-order chi connectivity index (χ1) is 22.8. The van der Waals surface area contributed by atoms with Gasteiger partial charge in [-0.15, -0.1) is 0 Å². The van der Waals surface area contributed by atoms with E-state index in [9.17, 15) is 9.59 Å². The van der Waals surface area contributed by atoms with Crippen LogP contribution < -0.4 is 9.47 Å². The molecule has 0 aliphatic rings. The zero-order chi connectivity index (χ0) is 36.9. The molecule has 0 bridgehead atoms. The summed E-state index contributed by atoms with van der Waals surface area (Å²) < 4.78 is 18.5. The van der Waals surface area contributed by atoms with Gasteiger partial charge in [0.1, 0.15) is 11.5 Å². The second-order valence-electron chi connectivity index (χ2n) is 8.10. The van der Waals surface area contributed by atoms with Crippen molar-refractivity contribution in [3.8, 4) is 22.6 Å². The van der Waals surface area contributed by atoms with E-state index in [1.54, 1.807) is 33.5 Å². The Hall–Kier alpha value is -4.42. The molecule has 0 aliphatic heterocycles. The first kappa shape index (κ1) is 49.5. The summed E-state index contributed by atoms with van der Waals surface area (Å²) in [6.45, 7) is 18.8. The summed E-state index contributed by atoms with van der Waals surface area (Å²) in [5, 5.41) is 0. The summed E-state index contributed by atoms with van der Waals surface area (Å²) in [6, 6.07) is 36.3. The van der Waals surface area contributed by atoms with Crippen molar-refractivity contribution >= 4 is 11.9 Å². The number of ether oxygens (including phenoxy) is 4. The van der Waals surface area contributed by atoms with Crippen LogP contribution >= 0.6 is 0 Å². The van der Waals surface area contributed by atoms with Crippen molar-refractivity contribution in [2.75, 3.05) is 28.4 Å². The topological polar surface area (TPSA) is 71.1 Å². The van der Waals surface area contributed by atoms with Crippen molar-refractivity contribution in [2.45, 2.75) is 75.7 Å². The van der Waals surface area contributed by atoms with E-state index in [4.69, 9.17) is 9.47 Å². The summed E-state index contributed by atoms with van der Waals surface area (Å²) in [4.78, 5) is 20.4. The van der Waals surface area contributed by atoms with Crippen LogP contribution in [0.4, 0.5) is 0 Å². The Balaban J connectivity index is -0.000000283. The second-order valence-corrected chi connectivity index (χ2v) is 8.10. The molecule has 0 saturated carbocycles. The lowest BCUT2D eigenvalue weighted by atomic mass is 10.0. The molecule has 0 heterocycles. The fourth-order valence-electron chi connectivity index (χ4n) is 3.08. The highest BCUT2D eigenvalue weighted by atomic mass is 16.5. The van der Waals surface area contributed by atoms with Crippen LogP contribution in [-0.2, 0) is 25.5 Å². The number of hydrogen-bond donors (Lipinski definition) is 0. The average molecular weight is 651 g/mol. The molecule has 4 aromatic carbocycles. The van der Waals surface area contributed by atoms with Gasteiger partial charge in [0, 0.05) is 28.1 Å². The minimum atomic E-state index is -0.303. The fourth-order valence-corrected chi connectivity index (χ4v) is 3.08. The van der Waals surface area contributed by atoms with E-state index in [0.717, 1.165) is 12.2 Å². The van der Waals surface area contributed by atoms with Gasteiger partial charge >= 0.3 is 11.9 Å². The molecule has 0 unspecified atom stereocenters. The highest BCUT2D eigenvalue weighted by Gasteiger charge is 2.00. The molecule has 0 atom stereocenters. The summed E-state index contributed by atoms with van der Waals surface area (Å²) in [6.07, 6.45) is 0.838. The van der Waals surface area contributed by atoms with Gasteiger partial charge in [0.25, 0.3) is 0 Å². The maximum Gasteiger partial charge on any atom is 0.308 e. The van der Waals surface area contributed by atoms with Crippen molar-refractivity contribution < 1.29 is 28.5 Å². The zero-order valence-electron chi connectivity index (χ0n) is 31.5. The first-order valence-electron chi connectivity index (χ1n) is 16.3. The summed E-state index contributed by atoms with van der Waals surface area (Å²) in [7, 11) is 6.26. The molecule has 0 N–H and O–H groups in total. The number of rotatable bonds is 5. The summed E-state index contributed by atoms with van der Waals surface area (Å²) in [5.41, 5.74) is 4.93. The minimum absolute atomic E-state index is 0.245. The van der Waals surface area contributed by atoms with Crippen LogP contribution in [-0.4, -0.2) is 40.4 Å². The minimum Gasteiger partial charge on any atom is -0.497 e. The highest BCUT2D eigenvalue weighted by molar-refractivity contribution is 5.69. The Morgan fingerprint density at radius 2 is 0.766 bits per heavy atom. The lowest BCUT2D eigenvalue weighted by Gasteiger charge is -2.05. The van der Waals surface area contributed by atoms with Crippen molar-refractivity contribution in [3.05, 3.63) is 120 Å². The number of methoxy groups -OCH3 is 3. The smallest absolute Gasteiger partial charge is 0.308 e. The maximum absolute atomic E-state index is 10.8. The van der Waals surface area contributed by atoms with E-state index < -0.39 is 0 Å². The second kappa shape index (κ2) is 37.8. The SMILES string of the molecule is CC.CC.CC.CC.COC.COC(C)=O.COc1ccc(Cc2ccc(OC(C)=O)cc2)cc1.c1ccc(-c2ccccc2)cc1. The number of hydrogen-bond acceptors (Lipinski definition) is 6. The van der Waals surface area contributed by atoms with Gasteiger partial charge in [0.2, 0.25) is 0 Å². The molecule has 0 amide bonds. The van der Waals surface area contributed by atoms with Gasteiger partial charge in [-0.1, -0.05) is 140 Å². The molecular weight excluding hydrogens is 588 g/mol. The molecule has 262 valence electrons. The van der Waals surface area contributed by atoms with Gasteiger partial charge in [0.15, 0.2) is 0 Å². The predicted octanol–water partition coefficient (Wildman–Crippen LogP) is 11.1. The molecule has 0 spiro atoms. The predicted molar refractivity (Wildman–Crippen MR) is 201 cm³/mol. The van der Waals surface area contributed by atoms with Gasteiger partial charge in [-0.05, 0) is 52.9 Å². The third-order valence-electron chi connectivity index (χ3n) is 4.92. The standard InChI is InChI=1S/C16H16O3.C12H10.C3H6O2.C2H6O.4C2H6/c1-12(17)19-16-9-5-14(6-10-16)11-13-3-7-15(18-2)8-4-13;1-3-7-11(8-4-1)12-9-5-2-6-10-12;1-3(4)5-2;1-3-2;4*1-2/h3-10H,11H2,1-2H3;1-10H;1-2H3;1-2H3;4*1-2H3. The molecular formula is C41H62O6. The van der Waals surface area contributed by atoms with Crippen molar-refractivity contribution in [3.63, 3.8) is 0 Å². The van der Waals surface area contributed by atoms with E-state index in [0.29, 0.717) is 5.75 Å². The van der Waals surface area contributed by atoms with Crippen LogP contribution in [0.2, 0.25) is 0 Å². The molecule has 0 aromatic heterocycles. The Kier molecular flexibility index (Phi) is 39.7. The Bertz CT molecular complexity index is 1150. The first-order valence-corrected chi connectivity index (χ1v) is 16.3. The summed E-state index contributed by atoms with van der Waals surface area (Å²) >= 11 is 0. The van der Waals surface area contributed by atoms with Gasteiger partial charge in [-0.2, -0.15) is 0 Å². The Morgan fingerprint density at radius 1 is 0.468 bits per heavy atom. The molecule has 6 heteroatoms. The van der Waals surface area contributed by atoms with Crippen LogP contribution in [0.25, 0.3) is 11.1 Å². The third-order valence-corrected chi connectivity index (χ3v) is 4.92. The van der Waals surface area contributed by atoms with Crippen LogP contribution in [0, 0.1) is 0 Å². The largest absolute Gasteiger partial charge is 0.497 e. The zero-order valence-corrected chi connectivity index (χ0v) is 31.5. The number of esters is 2. The van der Waals surface area contributed by atoms with Gasteiger partial charge in [-0.25, -0.2) is 0 Å². The monoisotopic (exact) mass is 650 g/mol. The maximum atomic E-state index is 10.8. The van der Waals surface area contributed by atoms with Crippen molar-refractivity contribution in [2.24, 2.45) is 0 Å². The van der Waals surface area contributed by atoms with Crippen LogP contribution in [0.1, 0.15) is 80.4 Å². The van der Waals surface area contributed by atoms with Crippen LogP contribution in [0.5, 0.6) is 11.5 Å². The fraction of sp³-hybridized carbons (Fsp3) is 0.366. The lowest BCUT2D eigenvalue weighted by Crippen LogP contribution is -2.01. The molecule has 0 saturated heterocycles. The van der Waals surface area contributed by atoms with E-state index in [-0.39, 0.29) is 11.9 Å². The Morgan fingerprint density at radius 3 is 1.02 bits per heavy atom. The summed E-state index contributed by atoms with van der Waals surface area (Å²) in [5.74, 6) is 0.882. The van der Waals surface area contributed by atoms with Crippen molar-refractivity contribution in [1.82, 2.24) is 0 Å². The van der Waals surface area contributed by atoms with Crippen LogP contribution in [0.15, 0.2) is 109 Å². The molecule has 0 radical (unpaired) electrons. The van der Waals surface area contributed by atoms with E-state index in [1.807, 2.05) is 104 Å². The van der Waals surface area contributed by atoms with Gasteiger partial charge in [0.05, 0.1) is 14.2 Å². The molecule has 4 rings (SSSR count). The van der Waals surface area contributed by atoms with Crippen molar-refractivity contribution in [1.29, 1.82) is 0 Å². The number of benzene rings is 4. The molecule has 0 aliphatic carbocycles. The van der Waals surface area contributed by atoms with E-state index in [1.165, 1.54) is 43.2 Å². The van der Waals surface area contributed by atoms with E-state index >= 15 is 0 Å².